The highest BCUT2D eigenvalue weighted by Crippen LogP contribution is 2.24. The van der Waals surface area contributed by atoms with Crippen LogP contribution >= 0.6 is 23.2 Å². The first kappa shape index (κ1) is 18.5. The first-order valence-corrected chi connectivity index (χ1v) is 8.20. The Labute approximate surface area is 150 Å². The van der Waals surface area contributed by atoms with Crippen molar-refractivity contribution >= 4 is 40.9 Å². The van der Waals surface area contributed by atoms with Gasteiger partial charge in [0.05, 0.1) is 16.4 Å². The van der Waals surface area contributed by atoms with Crippen LogP contribution in [0, 0.1) is 18.7 Å². The molecule has 0 fully saturated rings. The third kappa shape index (κ3) is 4.58. The summed E-state index contributed by atoms with van der Waals surface area (Å²) < 4.78 is 14.7. The van der Waals surface area contributed by atoms with Crippen LogP contribution in [0.5, 0.6) is 0 Å². The van der Waals surface area contributed by atoms with Crippen LogP contribution in [0.4, 0.5) is 10.1 Å². The zero-order valence-corrected chi connectivity index (χ0v) is 15.1. The van der Waals surface area contributed by atoms with Crippen molar-refractivity contribution in [1.29, 1.82) is 0 Å². The molecule has 0 bridgehead atoms. The van der Waals surface area contributed by atoms with E-state index in [0.29, 0.717) is 28.9 Å². The summed E-state index contributed by atoms with van der Waals surface area (Å²) in [4.78, 5) is 12.0. The number of anilines is 1. The fraction of sp³-hybridized carbons (Fsp3) is 0.294. The molecule has 0 aliphatic heterocycles. The highest BCUT2D eigenvalue weighted by atomic mass is 35.5. The maximum absolute atomic E-state index is 13.0. The zero-order valence-electron chi connectivity index (χ0n) is 13.6. The highest BCUT2D eigenvalue weighted by Gasteiger charge is 2.12. The van der Waals surface area contributed by atoms with Crippen molar-refractivity contribution in [2.24, 2.45) is 5.92 Å². The van der Waals surface area contributed by atoms with Gasteiger partial charge < -0.3 is 5.32 Å². The summed E-state index contributed by atoms with van der Waals surface area (Å²) in [6.45, 7) is 6.67. The smallest absolute Gasteiger partial charge is 0.248 e. The average Bonchev–Trinajstić information content (AvgIpc) is 2.74. The highest BCUT2D eigenvalue weighted by molar-refractivity contribution is 6.34. The molecule has 1 aromatic carbocycles. The Morgan fingerprint density at radius 3 is 2.75 bits per heavy atom. The van der Waals surface area contributed by atoms with Gasteiger partial charge in [0, 0.05) is 18.2 Å². The molecule has 24 heavy (non-hydrogen) atoms. The molecule has 0 unspecified atom stereocenters. The Kier molecular flexibility index (Phi) is 6.02. The lowest BCUT2D eigenvalue weighted by atomic mass is 10.2. The van der Waals surface area contributed by atoms with E-state index in [9.17, 15) is 9.18 Å². The minimum absolute atomic E-state index is 0.135. The van der Waals surface area contributed by atoms with Gasteiger partial charge >= 0.3 is 0 Å². The molecule has 0 aliphatic rings. The Balaban J connectivity index is 2.13. The van der Waals surface area contributed by atoms with E-state index in [4.69, 9.17) is 23.2 Å². The number of nitrogens with zero attached hydrogens (tertiary/aromatic N) is 2. The van der Waals surface area contributed by atoms with E-state index in [1.807, 2.05) is 6.92 Å². The van der Waals surface area contributed by atoms with Gasteiger partial charge in [-0.1, -0.05) is 37.0 Å². The number of carbonyl (C=O) groups is 1. The molecule has 0 radical (unpaired) electrons. The quantitative estimate of drug-likeness (QED) is 0.758. The second-order valence-electron chi connectivity index (χ2n) is 5.81. The molecule has 1 amide bonds. The summed E-state index contributed by atoms with van der Waals surface area (Å²) >= 11 is 12.2. The maximum atomic E-state index is 13.0. The van der Waals surface area contributed by atoms with E-state index in [1.165, 1.54) is 18.2 Å². The van der Waals surface area contributed by atoms with Crippen molar-refractivity contribution in [1.82, 2.24) is 9.78 Å². The lowest BCUT2D eigenvalue weighted by Crippen LogP contribution is -2.08. The first-order chi connectivity index (χ1) is 11.3. The Morgan fingerprint density at radius 2 is 2.12 bits per heavy atom. The molecule has 0 saturated carbocycles. The molecule has 0 aliphatic carbocycles. The van der Waals surface area contributed by atoms with Crippen LogP contribution in [0.15, 0.2) is 24.3 Å². The number of carbonyl (C=O) groups excluding carboxylic acids is 1. The van der Waals surface area contributed by atoms with E-state index in [1.54, 1.807) is 10.8 Å². The molecule has 0 saturated heterocycles. The van der Waals surface area contributed by atoms with Gasteiger partial charge in [-0.2, -0.15) is 5.10 Å². The van der Waals surface area contributed by atoms with Crippen LogP contribution in [0.1, 0.15) is 25.1 Å². The second kappa shape index (κ2) is 7.81. The molecule has 128 valence electrons. The lowest BCUT2D eigenvalue weighted by molar-refractivity contribution is -0.111. The standard InChI is InChI=1S/C17H18Cl2FN3O/c1-10(2)9-23-17(19)13(11(3)22-23)5-7-16(24)21-15-6-4-12(20)8-14(15)18/h4-8,10H,9H2,1-3H3,(H,21,24)/b7-5+. The van der Waals surface area contributed by atoms with Crippen LogP contribution < -0.4 is 5.32 Å². The topological polar surface area (TPSA) is 46.9 Å². The predicted octanol–water partition coefficient (Wildman–Crippen LogP) is 4.95. The van der Waals surface area contributed by atoms with Crippen LogP contribution in [0.2, 0.25) is 10.2 Å². The van der Waals surface area contributed by atoms with Gasteiger partial charge in [0.25, 0.3) is 0 Å². The number of hydrogen-bond donors (Lipinski definition) is 1. The number of amides is 1. The van der Waals surface area contributed by atoms with Gasteiger partial charge in [-0.25, -0.2) is 4.39 Å². The molecule has 7 heteroatoms. The number of halogens is 3. The second-order valence-corrected chi connectivity index (χ2v) is 6.58. The molecule has 2 aromatic rings. The molecule has 0 atom stereocenters. The van der Waals surface area contributed by atoms with Gasteiger partial charge in [-0.3, -0.25) is 9.48 Å². The third-order valence-electron chi connectivity index (χ3n) is 3.24. The fourth-order valence-corrected chi connectivity index (χ4v) is 2.67. The maximum Gasteiger partial charge on any atom is 0.248 e. The van der Waals surface area contributed by atoms with Crippen LogP contribution in [-0.2, 0) is 11.3 Å². The number of benzene rings is 1. The van der Waals surface area contributed by atoms with Crippen molar-refractivity contribution in [2.45, 2.75) is 27.3 Å². The normalized spacial score (nSPS) is 11.5. The molecular formula is C17H18Cl2FN3O. The van der Waals surface area contributed by atoms with Gasteiger partial charge in [-0.15, -0.1) is 0 Å². The number of aromatic nitrogens is 2. The fourth-order valence-electron chi connectivity index (χ4n) is 2.15. The van der Waals surface area contributed by atoms with Gasteiger partial charge in [-0.05, 0) is 37.1 Å². The number of aryl methyl sites for hydroxylation is 1. The summed E-state index contributed by atoms with van der Waals surface area (Å²) in [5.74, 6) is -0.452. The van der Waals surface area contributed by atoms with E-state index in [0.717, 1.165) is 11.8 Å². The van der Waals surface area contributed by atoms with Gasteiger partial charge in [0.2, 0.25) is 5.91 Å². The Hall–Kier alpha value is -1.85. The summed E-state index contributed by atoms with van der Waals surface area (Å²) in [5.41, 5.74) is 1.77. The van der Waals surface area contributed by atoms with Crippen molar-refractivity contribution in [3.63, 3.8) is 0 Å². The molecule has 0 spiro atoms. The van der Waals surface area contributed by atoms with Gasteiger partial charge in [0.15, 0.2) is 0 Å². The summed E-state index contributed by atoms with van der Waals surface area (Å²) in [6.07, 6.45) is 2.95. The average molecular weight is 370 g/mol. The number of nitrogens with one attached hydrogen (secondary N) is 1. The van der Waals surface area contributed by atoms with Crippen LogP contribution in [0.3, 0.4) is 0 Å². The van der Waals surface area contributed by atoms with Crippen LogP contribution in [0.25, 0.3) is 6.08 Å². The minimum atomic E-state index is -0.464. The lowest BCUT2D eigenvalue weighted by Gasteiger charge is -2.06. The van der Waals surface area contributed by atoms with E-state index in [-0.39, 0.29) is 5.02 Å². The van der Waals surface area contributed by atoms with E-state index >= 15 is 0 Å². The summed E-state index contributed by atoms with van der Waals surface area (Å²) in [5, 5.41) is 7.59. The Morgan fingerprint density at radius 1 is 1.42 bits per heavy atom. The van der Waals surface area contributed by atoms with Crippen molar-refractivity contribution in [3.8, 4) is 0 Å². The third-order valence-corrected chi connectivity index (χ3v) is 3.95. The first-order valence-electron chi connectivity index (χ1n) is 7.45. The molecular weight excluding hydrogens is 352 g/mol. The van der Waals surface area contributed by atoms with E-state index < -0.39 is 11.7 Å². The van der Waals surface area contributed by atoms with Crippen LogP contribution in [-0.4, -0.2) is 15.7 Å². The monoisotopic (exact) mass is 369 g/mol. The molecule has 4 nitrogen and oxygen atoms in total. The number of hydrogen-bond acceptors (Lipinski definition) is 2. The summed E-state index contributed by atoms with van der Waals surface area (Å²) in [7, 11) is 0. The van der Waals surface area contributed by atoms with Gasteiger partial charge in [0.1, 0.15) is 11.0 Å². The van der Waals surface area contributed by atoms with E-state index in [2.05, 4.69) is 24.3 Å². The molecule has 2 rings (SSSR count). The van der Waals surface area contributed by atoms with Crippen molar-refractivity contribution in [3.05, 3.63) is 51.5 Å². The number of rotatable bonds is 5. The predicted molar refractivity (Wildman–Crippen MR) is 95.9 cm³/mol. The SMILES string of the molecule is Cc1nn(CC(C)C)c(Cl)c1/C=C/C(=O)Nc1ccc(F)cc1Cl. The molecule has 1 heterocycles. The van der Waals surface area contributed by atoms with Crippen molar-refractivity contribution < 1.29 is 9.18 Å². The molecule has 1 aromatic heterocycles. The van der Waals surface area contributed by atoms with Crippen molar-refractivity contribution in [2.75, 3.05) is 5.32 Å². The molecule has 1 N–H and O–H groups in total. The minimum Gasteiger partial charge on any atom is -0.321 e. The summed E-state index contributed by atoms with van der Waals surface area (Å²) in [6, 6.07) is 3.77. The Bertz CT molecular complexity index is 784. The largest absolute Gasteiger partial charge is 0.321 e. The zero-order chi connectivity index (χ0) is 17.9.